The number of rotatable bonds is 5. The van der Waals surface area contributed by atoms with Gasteiger partial charge in [0.25, 0.3) is 0 Å². The van der Waals surface area contributed by atoms with Crippen LogP contribution in [-0.4, -0.2) is 19.5 Å². The fraction of sp³-hybridized carbons (Fsp3) is 0.0392. The first kappa shape index (κ1) is 32.8. The molecule has 0 unspecified atom stereocenters. The molecule has 0 radical (unpaired) electrons. The molecule has 270 valence electrons. The first-order chi connectivity index (χ1) is 28.2. The van der Waals surface area contributed by atoms with E-state index in [1.807, 2.05) is 74.5 Å². The molecular weight excluding hydrogens is 701 g/mol. The van der Waals surface area contributed by atoms with Crippen LogP contribution in [0.3, 0.4) is 0 Å². The van der Waals surface area contributed by atoms with Crippen LogP contribution in [-0.2, 0) is 0 Å². The molecule has 0 bridgehead atoms. The highest BCUT2D eigenvalue weighted by molar-refractivity contribution is 6.14. The highest BCUT2D eigenvalue weighted by Crippen LogP contribution is 2.40. The molecule has 0 aliphatic carbocycles. The molecule has 0 saturated heterocycles. The van der Waals surface area contributed by atoms with Crippen LogP contribution < -0.4 is 10.6 Å². The first-order valence-electron chi connectivity index (χ1n) is 19.2. The number of hydrogen-bond acceptors (Lipinski definition) is 5. The summed E-state index contributed by atoms with van der Waals surface area (Å²) in [5.41, 5.74) is 11.4. The Labute approximate surface area is 327 Å². The van der Waals surface area contributed by atoms with E-state index >= 15 is 0 Å². The summed E-state index contributed by atoms with van der Waals surface area (Å²) in [5, 5.41) is 6.44. The van der Waals surface area contributed by atoms with Gasteiger partial charge in [-0.05, 0) is 85.6 Å². The normalized spacial score (nSPS) is 12.6. The fourth-order valence-corrected chi connectivity index (χ4v) is 8.38. The molecule has 0 aliphatic rings. The molecule has 4 heterocycles. The van der Waals surface area contributed by atoms with Crippen LogP contribution in [0.4, 0.5) is 0 Å². The third kappa shape index (κ3) is 5.22. The molecule has 0 fully saturated rings. The van der Waals surface area contributed by atoms with E-state index in [0.29, 0.717) is 17.5 Å². The minimum Gasteiger partial charge on any atom is -0.456 e. The first-order valence-corrected chi connectivity index (χ1v) is 19.2. The third-order valence-corrected chi connectivity index (χ3v) is 11.0. The quantitative estimate of drug-likeness (QED) is 0.176. The monoisotopic (exact) mass is 734 g/mol. The Bertz CT molecular complexity index is 3490. The maximum Gasteiger partial charge on any atom is 0.167 e. The van der Waals surface area contributed by atoms with Gasteiger partial charge in [0.05, 0.1) is 16.6 Å². The van der Waals surface area contributed by atoms with E-state index in [-0.39, 0.29) is 0 Å². The Hall–Kier alpha value is -7.57. The van der Waals surface area contributed by atoms with E-state index in [1.54, 1.807) is 0 Å². The Balaban J connectivity index is 1.11. The number of furan rings is 2. The van der Waals surface area contributed by atoms with Crippen LogP contribution in [0.15, 0.2) is 167 Å². The van der Waals surface area contributed by atoms with Crippen LogP contribution in [0.2, 0.25) is 0 Å². The minimum absolute atomic E-state index is 0.539. The summed E-state index contributed by atoms with van der Waals surface area (Å²) in [6.07, 6.45) is 4.08. The predicted octanol–water partition coefficient (Wildman–Crippen LogP) is 11.9. The molecule has 0 amide bonds. The average Bonchev–Trinajstić information content (AvgIpc) is 3.95. The number of para-hydroxylation sites is 3. The second kappa shape index (κ2) is 13.0. The van der Waals surface area contributed by atoms with Crippen molar-refractivity contribution >= 4 is 66.9 Å². The van der Waals surface area contributed by atoms with Crippen molar-refractivity contribution in [2.75, 3.05) is 0 Å². The van der Waals surface area contributed by atoms with Crippen molar-refractivity contribution < 1.29 is 8.83 Å². The SMILES string of the molecule is C/C=c1\c(=C/C)oc2c(-c3nc(-c4ccccc4)nc(-c4cccc5oc6ccc(-c7ccc8c(c7)c7ccccc7n8-c7ccccc7)cc6c45)n3)cccc12. The largest absolute Gasteiger partial charge is 0.456 e. The summed E-state index contributed by atoms with van der Waals surface area (Å²) in [5.74, 6) is 1.68. The Kier molecular flexibility index (Phi) is 7.51. The lowest BCUT2D eigenvalue weighted by atomic mass is 9.99. The van der Waals surface area contributed by atoms with Crippen molar-refractivity contribution in [3.63, 3.8) is 0 Å². The standard InChI is InChI=1S/C51H34N4O2/c1-3-35-37-20-13-22-39(48(37)57-44(35)4-2)51-53-49(31-15-7-5-8-16-31)52-50(54-51)38-21-14-24-46-47(38)41-30-33(26-28-45(41)56-46)32-25-27-43-40(29-32)36-19-11-12-23-42(36)55(43)34-17-9-6-10-18-34/h3-30H,1-2H3/b35-3-,44-4+. The van der Waals surface area contributed by atoms with Gasteiger partial charge in [0, 0.05) is 49.0 Å². The maximum atomic E-state index is 6.52. The van der Waals surface area contributed by atoms with Crippen LogP contribution >= 0.6 is 0 Å². The van der Waals surface area contributed by atoms with Crippen molar-refractivity contribution in [2.45, 2.75) is 13.8 Å². The molecule has 0 N–H and O–H groups in total. The number of fused-ring (bicyclic) bond motifs is 7. The van der Waals surface area contributed by atoms with Crippen LogP contribution in [0.5, 0.6) is 0 Å². The van der Waals surface area contributed by atoms with E-state index in [0.717, 1.165) is 77.0 Å². The molecule has 0 aliphatic heterocycles. The average molecular weight is 735 g/mol. The van der Waals surface area contributed by atoms with Gasteiger partial charge in [-0.2, -0.15) is 0 Å². The van der Waals surface area contributed by atoms with Crippen molar-refractivity contribution in [3.05, 3.63) is 168 Å². The molecule has 0 spiro atoms. The third-order valence-electron chi connectivity index (χ3n) is 11.0. The van der Waals surface area contributed by atoms with Gasteiger partial charge >= 0.3 is 0 Å². The van der Waals surface area contributed by atoms with Gasteiger partial charge in [-0.3, -0.25) is 0 Å². The van der Waals surface area contributed by atoms with Crippen molar-refractivity contribution in [3.8, 4) is 51.0 Å². The highest BCUT2D eigenvalue weighted by Gasteiger charge is 2.21. The fourth-order valence-electron chi connectivity index (χ4n) is 8.38. The highest BCUT2D eigenvalue weighted by atomic mass is 16.3. The molecule has 4 aromatic heterocycles. The molecule has 0 atom stereocenters. The molecule has 6 nitrogen and oxygen atoms in total. The van der Waals surface area contributed by atoms with Crippen LogP contribution in [0, 0.1) is 0 Å². The summed E-state index contributed by atoms with van der Waals surface area (Å²) < 4.78 is 15.3. The number of hydrogen-bond donors (Lipinski definition) is 0. The minimum atomic E-state index is 0.539. The van der Waals surface area contributed by atoms with Crippen LogP contribution in [0.25, 0.3) is 118 Å². The molecule has 11 rings (SSSR count). The molecule has 11 aromatic rings. The summed E-state index contributed by atoms with van der Waals surface area (Å²) in [6.45, 7) is 4.02. The Morgan fingerprint density at radius 1 is 0.456 bits per heavy atom. The lowest BCUT2D eigenvalue weighted by Gasteiger charge is -2.10. The Morgan fingerprint density at radius 3 is 1.91 bits per heavy atom. The summed E-state index contributed by atoms with van der Waals surface area (Å²) in [7, 11) is 0. The van der Waals surface area contributed by atoms with E-state index < -0.39 is 0 Å². The zero-order valence-electron chi connectivity index (χ0n) is 31.3. The predicted molar refractivity (Wildman–Crippen MR) is 232 cm³/mol. The summed E-state index contributed by atoms with van der Waals surface area (Å²) in [4.78, 5) is 15.4. The van der Waals surface area contributed by atoms with Crippen molar-refractivity contribution in [2.24, 2.45) is 0 Å². The smallest absolute Gasteiger partial charge is 0.167 e. The van der Waals surface area contributed by atoms with E-state index in [2.05, 4.69) is 114 Å². The zero-order valence-corrected chi connectivity index (χ0v) is 31.3. The second-order valence-electron chi connectivity index (χ2n) is 14.2. The number of nitrogens with zero attached hydrogens (tertiary/aromatic N) is 4. The zero-order chi connectivity index (χ0) is 38.0. The van der Waals surface area contributed by atoms with Gasteiger partial charge in [-0.15, -0.1) is 0 Å². The lowest BCUT2D eigenvalue weighted by Crippen LogP contribution is -2.18. The second-order valence-corrected chi connectivity index (χ2v) is 14.2. The van der Waals surface area contributed by atoms with E-state index in [1.165, 1.54) is 21.8 Å². The van der Waals surface area contributed by atoms with Gasteiger partial charge < -0.3 is 13.4 Å². The molecule has 57 heavy (non-hydrogen) atoms. The Morgan fingerprint density at radius 2 is 1.11 bits per heavy atom. The van der Waals surface area contributed by atoms with Gasteiger partial charge in [-0.1, -0.05) is 109 Å². The number of benzene rings is 7. The molecule has 7 aromatic carbocycles. The summed E-state index contributed by atoms with van der Waals surface area (Å²) in [6, 6.07) is 54.7. The molecule has 0 saturated carbocycles. The van der Waals surface area contributed by atoms with Gasteiger partial charge in [0.2, 0.25) is 0 Å². The van der Waals surface area contributed by atoms with Gasteiger partial charge in [-0.25, -0.2) is 15.0 Å². The van der Waals surface area contributed by atoms with Gasteiger partial charge in [0.1, 0.15) is 22.2 Å². The van der Waals surface area contributed by atoms with E-state index in [9.17, 15) is 0 Å². The molecular formula is C51H34N4O2. The van der Waals surface area contributed by atoms with Crippen molar-refractivity contribution in [1.82, 2.24) is 19.5 Å². The maximum absolute atomic E-state index is 6.52. The summed E-state index contributed by atoms with van der Waals surface area (Å²) >= 11 is 0. The van der Waals surface area contributed by atoms with Crippen molar-refractivity contribution in [1.29, 1.82) is 0 Å². The molecule has 6 heteroatoms. The topological polar surface area (TPSA) is 69.9 Å². The lowest BCUT2D eigenvalue weighted by molar-refractivity contribution is 0.575. The van der Waals surface area contributed by atoms with Crippen LogP contribution in [0.1, 0.15) is 13.8 Å². The number of aromatic nitrogens is 4. The van der Waals surface area contributed by atoms with E-state index in [4.69, 9.17) is 23.8 Å². The van der Waals surface area contributed by atoms with Gasteiger partial charge in [0.15, 0.2) is 17.5 Å².